The summed E-state index contributed by atoms with van der Waals surface area (Å²) in [5.74, 6) is -1.36. The minimum Gasteiger partial charge on any atom is -0.435 e. The highest BCUT2D eigenvalue weighted by molar-refractivity contribution is 6.33. The van der Waals surface area contributed by atoms with Gasteiger partial charge in [0.25, 0.3) is 5.91 Å². The van der Waals surface area contributed by atoms with Crippen LogP contribution in [0.4, 0.5) is 13.2 Å². The Bertz CT molecular complexity index is 672. The van der Waals surface area contributed by atoms with Gasteiger partial charge >= 0.3 is 6.61 Å². The van der Waals surface area contributed by atoms with Crippen molar-refractivity contribution in [3.8, 4) is 5.75 Å². The van der Waals surface area contributed by atoms with Crippen LogP contribution < -0.4 is 10.1 Å². The van der Waals surface area contributed by atoms with E-state index in [1.165, 1.54) is 36.4 Å². The molecule has 1 atom stereocenters. The molecule has 0 heterocycles. The van der Waals surface area contributed by atoms with Crippen molar-refractivity contribution in [2.24, 2.45) is 0 Å². The van der Waals surface area contributed by atoms with Crippen LogP contribution in [0, 0.1) is 5.82 Å². The minimum absolute atomic E-state index is 0.00961. The number of ether oxygens (including phenoxy) is 1. The number of alkyl halides is 2. The molecular formula is C16H13ClF3NO2. The summed E-state index contributed by atoms with van der Waals surface area (Å²) in [6.07, 6.45) is 0. The Balaban J connectivity index is 2.09. The van der Waals surface area contributed by atoms with Gasteiger partial charge in [0.05, 0.1) is 16.6 Å². The van der Waals surface area contributed by atoms with Crippen molar-refractivity contribution in [2.75, 3.05) is 0 Å². The molecule has 122 valence electrons. The normalized spacial score (nSPS) is 12.1. The average Bonchev–Trinajstić information content (AvgIpc) is 2.47. The van der Waals surface area contributed by atoms with Crippen molar-refractivity contribution in [3.05, 3.63) is 64.4 Å². The molecule has 1 amide bonds. The summed E-state index contributed by atoms with van der Waals surface area (Å²) in [6.45, 7) is -1.23. The molecule has 0 fully saturated rings. The van der Waals surface area contributed by atoms with E-state index < -0.39 is 24.4 Å². The fourth-order valence-corrected chi connectivity index (χ4v) is 2.25. The van der Waals surface area contributed by atoms with Crippen LogP contribution in [0.25, 0.3) is 0 Å². The van der Waals surface area contributed by atoms with Gasteiger partial charge in [-0.2, -0.15) is 8.78 Å². The van der Waals surface area contributed by atoms with Gasteiger partial charge < -0.3 is 10.1 Å². The summed E-state index contributed by atoms with van der Waals surface area (Å²) in [4.78, 5) is 12.1. The molecule has 0 bridgehead atoms. The summed E-state index contributed by atoms with van der Waals surface area (Å²) >= 11 is 5.83. The van der Waals surface area contributed by atoms with Crippen LogP contribution in [0.3, 0.4) is 0 Å². The standard InChI is InChI=1S/C16H13ClF3NO2/c1-9(10-5-7-11(8-6-10)23-16(19)20)21-15(22)14-12(17)3-2-4-13(14)18/h2-9,16H,1H3,(H,21,22). The Morgan fingerprint density at radius 1 is 1.17 bits per heavy atom. The second kappa shape index (κ2) is 7.37. The number of rotatable bonds is 5. The number of amides is 1. The molecule has 2 aromatic rings. The predicted octanol–water partition coefficient (Wildman–Crippen LogP) is 4.57. The molecule has 0 aliphatic carbocycles. The van der Waals surface area contributed by atoms with Crippen LogP contribution in [-0.2, 0) is 0 Å². The Hall–Kier alpha value is -2.21. The molecule has 0 aliphatic rings. The van der Waals surface area contributed by atoms with E-state index in [1.807, 2.05) is 0 Å². The first-order valence-electron chi connectivity index (χ1n) is 6.68. The summed E-state index contributed by atoms with van der Waals surface area (Å²) in [5, 5.41) is 2.61. The third-order valence-electron chi connectivity index (χ3n) is 3.14. The van der Waals surface area contributed by atoms with Crippen molar-refractivity contribution < 1.29 is 22.7 Å². The highest BCUT2D eigenvalue weighted by atomic mass is 35.5. The first-order valence-corrected chi connectivity index (χ1v) is 7.06. The maximum atomic E-state index is 13.7. The second-order valence-corrected chi connectivity index (χ2v) is 5.15. The second-order valence-electron chi connectivity index (χ2n) is 4.74. The highest BCUT2D eigenvalue weighted by Gasteiger charge is 2.18. The van der Waals surface area contributed by atoms with Crippen LogP contribution >= 0.6 is 11.6 Å². The van der Waals surface area contributed by atoms with Gasteiger partial charge in [-0.3, -0.25) is 4.79 Å². The van der Waals surface area contributed by atoms with Gasteiger partial charge in [0.1, 0.15) is 11.6 Å². The lowest BCUT2D eigenvalue weighted by Crippen LogP contribution is -2.27. The SMILES string of the molecule is CC(NC(=O)c1c(F)cccc1Cl)c1ccc(OC(F)F)cc1. The van der Waals surface area contributed by atoms with Crippen molar-refractivity contribution in [3.63, 3.8) is 0 Å². The molecule has 0 spiro atoms. The maximum Gasteiger partial charge on any atom is 0.387 e. The van der Waals surface area contributed by atoms with Gasteiger partial charge in [-0.05, 0) is 36.8 Å². The van der Waals surface area contributed by atoms with Crippen LogP contribution in [0.1, 0.15) is 28.9 Å². The summed E-state index contributed by atoms with van der Waals surface area (Å²) in [5.41, 5.74) is 0.408. The fourth-order valence-electron chi connectivity index (χ4n) is 2.00. The summed E-state index contributed by atoms with van der Waals surface area (Å²) < 4.78 is 42.1. The van der Waals surface area contributed by atoms with E-state index in [0.717, 1.165) is 6.07 Å². The molecule has 3 nitrogen and oxygen atoms in total. The van der Waals surface area contributed by atoms with E-state index in [-0.39, 0.29) is 16.3 Å². The van der Waals surface area contributed by atoms with E-state index in [9.17, 15) is 18.0 Å². The Kier molecular flexibility index (Phi) is 5.50. The third kappa shape index (κ3) is 4.39. The minimum atomic E-state index is -2.90. The number of carbonyl (C=O) groups excluding carboxylic acids is 1. The molecule has 1 N–H and O–H groups in total. The fraction of sp³-hybridized carbons (Fsp3) is 0.188. The zero-order chi connectivity index (χ0) is 17.0. The van der Waals surface area contributed by atoms with E-state index in [4.69, 9.17) is 11.6 Å². The molecule has 0 saturated heterocycles. The van der Waals surface area contributed by atoms with Gasteiger partial charge in [-0.1, -0.05) is 29.8 Å². The van der Waals surface area contributed by atoms with Gasteiger partial charge in [0, 0.05) is 0 Å². The monoisotopic (exact) mass is 343 g/mol. The largest absolute Gasteiger partial charge is 0.435 e. The molecule has 7 heteroatoms. The number of benzene rings is 2. The number of nitrogens with one attached hydrogen (secondary N) is 1. The first-order chi connectivity index (χ1) is 10.9. The number of hydrogen-bond acceptors (Lipinski definition) is 2. The molecule has 2 aromatic carbocycles. The maximum absolute atomic E-state index is 13.7. The lowest BCUT2D eigenvalue weighted by atomic mass is 10.1. The van der Waals surface area contributed by atoms with E-state index in [2.05, 4.69) is 10.1 Å². The van der Waals surface area contributed by atoms with Crippen molar-refractivity contribution >= 4 is 17.5 Å². The van der Waals surface area contributed by atoms with E-state index in [0.29, 0.717) is 5.56 Å². The Labute approximate surface area is 136 Å². The van der Waals surface area contributed by atoms with Gasteiger partial charge in [-0.25, -0.2) is 4.39 Å². The van der Waals surface area contributed by atoms with Crippen LogP contribution in [0.5, 0.6) is 5.75 Å². The van der Waals surface area contributed by atoms with Gasteiger partial charge in [0.15, 0.2) is 0 Å². The van der Waals surface area contributed by atoms with Crippen molar-refractivity contribution in [2.45, 2.75) is 19.6 Å². The number of carbonyl (C=O) groups is 1. The topological polar surface area (TPSA) is 38.3 Å². The molecule has 23 heavy (non-hydrogen) atoms. The lowest BCUT2D eigenvalue weighted by molar-refractivity contribution is -0.0498. The molecular weight excluding hydrogens is 331 g/mol. The number of halogens is 4. The number of hydrogen-bond donors (Lipinski definition) is 1. The lowest BCUT2D eigenvalue weighted by Gasteiger charge is -2.16. The van der Waals surface area contributed by atoms with Crippen molar-refractivity contribution in [1.82, 2.24) is 5.32 Å². The van der Waals surface area contributed by atoms with Crippen LogP contribution in [-0.4, -0.2) is 12.5 Å². The Morgan fingerprint density at radius 3 is 2.39 bits per heavy atom. The van der Waals surface area contributed by atoms with Gasteiger partial charge in [-0.15, -0.1) is 0 Å². The Morgan fingerprint density at radius 2 is 1.83 bits per heavy atom. The highest BCUT2D eigenvalue weighted by Crippen LogP contribution is 2.22. The zero-order valence-electron chi connectivity index (χ0n) is 12.0. The molecule has 2 rings (SSSR count). The van der Waals surface area contributed by atoms with Crippen LogP contribution in [0.2, 0.25) is 5.02 Å². The summed E-state index contributed by atoms with van der Waals surface area (Å²) in [7, 11) is 0. The van der Waals surface area contributed by atoms with E-state index >= 15 is 0 Å². The molecule has 0 saturated carbocycles. The third-order valence-corrected chi connectivity index (χ3v) is 3.46. The summed E-state index contributed by atoms with van der Waals surface area (Å²) in [6, 6.07) is 9.28. The molecule has 0 aromatic heterocycles. The quantitative estimate of drug-likeness (QED) is 0.863. The average molecular weight is 344 g/mol. The van der Waals surface area contributed by atoms with Crippen LogP contribution in [0.15, 0.2) is 42.5 Å². The van der Waals surface area contributed by atoms with E-state index in [1.54, 1.807) is 6.92 Å². The molecule has 0 aliphatic heterocycles. The zero-order valence-corrected chi connectivity index (χ0v) is 12.8. The van der Waals surface area contributed by atoms with Crippen molar-refractivity contribution in [1.29, 1.82) is 0 Å². The predicted molar refractivity (Wildman–Crippen MR) is 80.4 cm³/mol. The smallest absolute Gasteiger partial charge is 0.387 e. The molecule has 0 radical (unpaired) electrons. The molecule has 1 unspecified atom stereocenters. The first kappa shape index (κ1) is 17.1. The van der Waals surface area contributed by atoms with Gasteiger partial charge in [0.2, 0.25) is 0 Å².